The van der Waals surface area contributed by atoms with E-state index in [2.05, 4.69) is 0 Å². The summed E-state index contributed by atoms with van der Waals surface area (Å²) in [6, 6.07) is 18.1. The summed E-state index contributed by atoms with van der Waals surface area (Å²) >= 11 is 0. The first-order valence-electron chi connectivity index (χ1n) is 6.38. The van der Waals surface area contributed by atoms with E-state index in [-0.39, 0.29) is 5.76 Å². The SMILES string of the molecule is O=C(O)c1oc(O)c(-c2ccccc2)c1-c1ccccc1. The highest BCUT2D eigenvalue weighted by atomic mass is 16.5. The van der Waals surface area contributed by atoms with Crippen molar-refractivity contribution in [1.29, 1.82) is 0 Å². The molecule has 0 radical (unpaired) electrons. The van der Waals surface area contributed by atoms with Crippen molar-refractivity contribution in [2.75, 3.05) is 0 Å². The fourth-order valence-electron chi connectivity index (χ4n) is 2.32. The lowest BCUT2D eigenvalue weighted by molar-refractivity contribution is 0.0657. The molecule has 21 heavy (non-hydrogen) atoms. The molecule has 3 rings (SSSR count). The van der Waals surface area contributed by atoms with Crippen molar-refractivity contribution >= 4 is 5.97 Å². The second kappa shape index (κ2) is 5.17. The monoisotopic (exact) mass is 280 g/mol. The van der Waals surface area contributed by atoms with Gasteiger partial charge >= 0.3 is 5.97 Å². The van der Waals surface area contributed by atoms with Gasteiger partial charge in [-0.05, 0) is 11.1 Å². The highest BCUT2D eigenvalue weighted by Crippen LogP contribution is 2.43. The summed E-state index contributed by atoms with van der Waals surface area (Å²) in [5, 5.41) is 19.4. The van der Waals surface area contributed by atoms with E-state index in [4.69, 9.17) is 4.42 Å². The first kappa shape index (κ1) is 13.0. The first-order valence-corrected chi connectivity index (χ1v) is 6.38. The molecule has 0 saturated heterocycles. The summed E-state index contributed by atoms with van der Waals surface area (Å²) in [5.74, 6) is -1.87. The van der Waals surface area contributed by atoms with E-state index in [1.807, 2.05) is 24.3 Å². The van der Waals surface area contributed by atoms with E-state index in [0.717, 1.165) is 0 Å². The third kappa shape index (κ3) is 2.27. The largest absolute Gasteiger partial charge is 0.480 e. The molecule has 0 aliphatic carbocycles. The fraction of sp³-hybridized carbons (Fsp3) is 0. The number of hydrogen-bond donors (Lipinski definition) is 2. The maximum Gasteiger partial charge on any atom is 0.372 e. The molecule has 2 N–H and O–H groups in total. The van der Waals surface area contributed by atoms with Gasteiger partial charge in [0.1, 0.15) is 0 Å². The van der Waals surface area contributed by atoms with Crippen LogP contribution in [0.3, 0.4) is 0 Å². The molecule has 0 atom stereocenters. The number of carboxylic acid groups (broad SMARTS) is 1. The van der Waals surface area contributed by atoms with Gasteiger partial charge in [-0.3, -0.25) is 0 Å². The second-order valence-corrected chi connectivity index (χ2v) is 4.52. The Morgan fingerprint density at radius 1 is 0.810 bits per heavy atom. The first-order chi connectivity index (χ1) is 10.2. The van der Waals surface area contributed by atoms with E-state index < -0.39 is 11.9 Å². The Morgan fingerprint density at radius 3 is 1.76 bits per heavy atom. The smallest absolute Gasteiger partial charge is 0.372 e. The highest BCUT2D eigenvalue weighted by Gasteiger charge is 2.26. The van der Waals surface area contributed by atoms with Gasteiger partial charge in [-0.2, -0.15) is 0 Å². The zero-order valence-electron chi connectivity index (χ0n) is 11.0. The van der Waals surface area contributed by atoms with Gasteiger partial charge in [0.2, 0.25) is 5.76 Å². The number of rotatable bonds is 3. The van der Waals surface area contributed by atoms with Crippen LogP contribution < -0.4 is 0 Å². The molecule has 3 aromatic rings. The lowest BCUT2D eigenvalue weighted by Gasteiger charge is -2.04. The molecule has 104 valence electrons. The molecular formula is C17H12O4. The molecule has 4 heteroatoms. The molecule has 0 aliphatic heterocycles. The van der Waals surface area contributed by atoms with E-state index in [1.54, 1.807) is 36.4 Å². The number of hydrogen-bond acceptors (Lipinski definition) is 3. The number of benzene rings is 2. The zero-order chi connectivity index (χ0) is 14.8. The standard InChI is InChI=1S/C17H12O4/c18-16(19)15-13(11-7-3-1-4-8-11)14(17(20)21-15)12-9-5-2-6-10-12/h1-10,20H,(H,18,19). The number of aromatic carboxylic acids is 1. The van der Waals surface area contributed by atoms with E-state index in [9.17, 15) is 15.0 Å². The van der Waals surface area contributed by atoms with Crippen LogP contribution in [-0.2, 0) is 0 Å². The fourth-order valence-corrected chi connectivity index (χ4v) is 2.32. The minimum absolute atomic E-state index is 0.266. The summed E-state index contributed by atoms with van der Waals surface area (Å²) in [7, 11) is 0. The van der Waals surface area contributed by atoms with Crippen LogP contribution in [0.15, 0.2) is 65.1 Å². The van der Waals surface area contributed by atoms with Crippen molar-refractivity contribution in [3.05, 3.63) is 66.4 Å². The summed E-state index contributed by atoms with van der Waals surface area (Å²) in [6.45, 7) is 0. The van der Waals surface area contributed by atoms with Crippen molar-refractivity contribution in [3.63, 3.8) is 0 Å². The predicted octanol–water partition coefficient (Wildman–Crippen LogP) is 4.02. The summed E-state index contributed by atoms with van der Waals surface area (Å²) in [6.07, 6.45) is 0. The quantitative estimate of drug-likeness (QED) is 0.760. The maximum absolute atomic E-state index is 11.4. The average molecular weight is 280 g/mol. The molecule has 0 saturated carbocycles. The summed E-state index contributed by atoms with van der Waals surface area (Å²) < 4.78 is 5.07. The van der Waals surface area contributed by atoms with Crippen LogP contribution in [0, 0.1) is 0 Å². The molecule has 0 spiro atoms. The lowest BCUT2D eigenvalue weighted by Crippen LogP contribution is -1.96. The van der Waals surface area contributed by atoms with Gasteiger partial charge in [0.25, 0.3) is 5.95 Å². The van der Waals surface area contributed by atoms with Crippen LogP contribution in [-0.4, -0.2) is 16.2 Å². The molecule has 0 fully saturated rings. The Labute approximate surface area is 120 Å². The van der Waals surface area contributed by atoms with Gasteiger partial charge < -0.3 is 14.6 Å². The third-order valence-electron chi connectivity index (χ3n) is 3.21. The van der Waals surface area contributed by atoms with Crippen LogP contribution in [0.4, 0.5) is 0 Å². The molecular weight excluding hydrogens is 268 g/mol. The van der Waals surface area contributed by atoms with Gasteiger partial charge in [-0.25, -0.2) is 4.79 Å². The third-order valence-corrected chi connectivity index (χ3v) is 3.21. The second-order valence-electron chi connectivity index (χ2n) is 4.52. The van der Waals surface area contributed by atoms with Gasteiger partial charge in [0, 0.05) is 5.56 Å². The number of aromatic hydroxyl groups is 1. The van der Waals surface area contributed by atoms with Crippen molar-refractivity contribution < 1.29 is 19.4 Å². The van der Waals surface area contributed by atoms with Gasteiger partial charge in [0.05, 0.1) is 5.56 Å². The highest BCUT2D eigenvalue weighted by molar-refractivity contribution is 6.00. The zero-order valence-corrected chi connectivity index (χ0v) is 11.0. The average Bonchev–Trinajstić information content (AvgIpc) is 2.87. The lowest BCUT2D eigenvalue weighted by atomic mass is 9.96. The maximum atomic E-state index is 11.4. The van der Waals surface area contributed by atoms with Crippen LogP contribution in [0.1, 0.15) is 10.6 Å². The Hall–Kier alpha value is -3.01. The van der Waals surface area contributed by atoms with Gasteiger partial charge in [-0.1, -0.05) is 60.7 Å². The van der Waals surface area contributed by atoms with E-state index >= 15 is 0 Å². The Bertz CT molecular complexity index is 773. The van der Waals surface area contributed by atoms with Crippen LogP contribution in [0.2, 0.25) is 0 Å². The molecule has 0 bridgehead atoms. The summed E-state index contributed by atoms with van der Waals surface area (Å²) in [4.78, 5) is 11.4. The molecule has 2 aromatic carbocycles. The van der Waals surface area contributed by atoms with E-state index in [0.29, 0.717) is 22.3 Å². The number of carbonyl (C=O) groups is 1. The molecule has 1 heterocycles. The predicted molar refractivity (Wildman–Crippen MR) is 78.2 cm³/mol. The Kier molecular flexibility index (Phi) is 3.20. The molecule has 0 unspecified atom stereocenters. The normalized spacial score (nSPS) is 10.5. The van der Waals surface area contributed by atoms with Crippen molar-refractivity contribution in [1.82, 2.24) is 0 Å². The van der Waals surface area contributed by atoms with E-state index in [1.165, 1.54) is 0 Å². The number of furan rings is 1. The van der Waals surface area contributed by atoms with Crippen molar-refractivity contribution in [3.8, 4) is 28.2 Å². The van der Waals surface area contributed by atoms with Gasteiger partial charge in [0.15, 0.2) is 0 Å². The molecule has 0 aliphatic rings. The molecule has 1 aromatic heterocycles. The topological polar surface area (TPSA) is 70.7 Å². The summed E-state index contributed by atoms with van der Waals surface area (Å²) in [5.41, 5.74) is 2.15. The van der Waals surface area contributed by atoms with Crippen LogP contribution in [0.5, 0.6) is 5.95 Å². The van der Waals surface area contributed by atoms with Crippen molar-refractivity contribution in [2.45, 2.75) is 0 Å². The minimum atomic E-state index is -1.22. The van der Waals surface area contributed by atoms with Crippen LogP contribution in [0.25, 0.3) is 22.3 Å². The van der Waals surface area contributed by atoms with Gasteiger partial charge in [-0.15, -0.1) is 0 Å². The Balaban J connectivity index is 2.32. The Morgan fingerprint density at radius 2 is 1.29 bits per heavy atom. The molecule has 0 amide bonds. The van der Waals surface area contributed by atoms with Crippen LogP contribution >= 0.6 is 0 Å². The molecule has 4 nitrogen and oxygen atoms in total. The van der Waals surface area contributed by atoms with Crippen molar-refractivity contribution in [2.24, 2.45) is 0 Å². The minimum Gasteiger partial charge on any atom is -0.480 e. The number of carboxylic acids is 1.